The second-order valence-electron chi connectivity index (χ2n) is 3.44. The molecule has 0 aliphatic carbocycles. The SMILES string of the molecule is COC(=O)[C@H](C(C)=O)C(=O)c1ccc(Br)cc1. The van der Waals surface area contributed by atoms with Crippen LogP contribution < -0.4 is 0 Å². The van der Waals surface area contributed by atoms with Crippen LogP contribution >= 0.6 is 15.9 Å². The minimum Gasteiger partial charge on any atom is -0.468 e. The molecule has 0 spiro atoms. The molecule has 0 amide bonds. The predicted molar refractivity (Wildman–Crippen MR) is 64.7 cm³/mol. The van der Waals surface area contributed by atoms with Gasteiger partial charge in [0.25, 0.3) is 0 Å². The molecule has 0 N–H and O–H groups in total. The lowest BCUT2D eigenvalue weighted by atomic mass is 9.94. The first-order chi connectivity index (χ1) is 7.97. The molecule has 0 saturated heterocycles. The summed E-state index contributed by atoms with van der Waals surface area (Å²) in [6.45, 7) is 1.19. The van der Waals surface area contributed by atoms with E-state index in [2.05, 4.69) is 20.7 Å². The number of carbonyl (C=O) groups is 3. The lowest BCUT2D eigenvalue weighted by Crippen LogP contribution is -2.31. The van der Waals surface area contributed by atoms with Crippen LogP contribution in [0.4, 0.5) is 0 Å². The molecule has 0 fully saturated rings. The van der Waals surface area contributed by atoms with E-state index in [1.54, 1.807) is 24.3 Å². The van der Waals surface area contributed by atoms with Crippen molar-refractivity contribution in [3.05, 3.63) is 34.3 Å². The molecule has 1 rings (SSSR count). The molecule has 0 heterocycles. The van der Waals surface area contributed by atoms with E-state index in [9.17, 15) is 14.4 Å². The first kappa shape index (κ1) is 13.6. The lowest BCUT2D eigenvalue weighted by Gasteiger charge is -2.10. The van der Waals surface area contributed by atoms with Gasteiger partial charge in [-0.3, -0.25) is 14.4 Å². The molecule has 1 aromatic carbocycles. The number of halogens is 1. The van der Waals surface area contributed by atoms with Crippen molar-refractivity contribution in [1.29, 1.82) is 0 Å². The van der Waals surface area contributed by atoms with Gasteiger partial charge in [-0.15, -0.1) is 0 Å². The number of benzene rings is 1. The third-order valence-electron chi connectivity index (χ3n) is 2.23. The number of rotatable bonds is 4. The van der Waals surface area contributed by atoms with Crippen LogP contribution in [0.2, 0.25) is 0 Å². The van der Waals surface area contributed by atoms with Crippen molar-refractivity contribution >= 4 is 33.5 Å². The van der Waals surface area contributed by atoms with Crippen molar-refractivity contribution in [2.75, 3.05) is 7.11 Å². The standard InChI is InChI=1S/C12H11BrO4/c1-7(14)10(12(16)17-2)11(15)8-3-5-9(13)6-4-8/h3-6,10H,1-2H3/t10-/m1/s1. The highest BCUT2D eigenvalue weighted by Crippen LogP contribution is 2.15. The third-order valence-corrected chi connectivity index (χ3v) is 2.76. The summed E-state index contributed by atoms with van der Waals surface area (Å²) in [7, 11) is 1.15. The van der Waals surface area contributed by atoms with Crippen LogP contribution in [0.25, 0.3) is 0 Å². The summed E-state index contributed by atoms with van der Waals surface area (Å²) in [5.41, 5.74) is 0.304. The van der Waals surface area contributed by atoms with E-state index in [0.29, 0.717) is 5.56 Å². The van der Waals surface area contributed by atoms with Crippen molar-refractivity contribution < 1.29 is 19.1 Å². The van der Waals surface area contributed by atoms with E-state index in [4.69, 9.17) is 0 Å². The Labute approximate surface area is 107 Å². The molecular weight excluding hydrogens is 288 g/mol. The van der Waals surface area contributed by atoms with E-state index >= 15 is 0 Å². The number of Topliss-reactive ketones (excluding diaryl/α,β-unsaturated/α-hetero) is 2. The molecule has 0 radical (unpaired) electrons. The van der Waals surface area contributed by atoms with Crippen molar-refractivity contribution in [2.45, 2.75) is 6.92 Å². The van der Waals surface area contributed by atoms with Crippen LogP contribution in [0.5, 0.6) is 0 Å². The van der Waals surface area contributed by atoms with Gasteiger partial charge in [-0.05, 0) is 19.1 Å². The van der Waals surface area contributed by atoms with Gasteiger partial charge in [0.1, 0.15) is 0 Å². The van der Waals surface area contributed by atoms with Gasteiger partial charge in [-0.2, -0.15) is 0 Å². The summed E-state index contributed by atoms with van der Waals surface area (Å²) in [6.07, 6.45) is 0. The molecule has 0 aliphatic heterocycles. The molecule has 1 aromatic rings. The first-order valence-electron chi connectivity index (χ1n) is 4.85. The quantitative estimate of drug-likeness (QED) is 0.485. The van der Waals surface area contributed by atoms with E-state index in [-0.39, 0.29) is 0 Å². The van der Waals surface area contributed by atoms with Gasteiger partial charge in [0.05, 0.1) is 7.11 Å². The van der Waals surface area contributed by atoms with Crippen LogP contribution in [-0.2, 0) is 14.3 Å². The monoisotopic (exact) mass is 298 g/mol. The van der Waals surface area contributed by atoms with Gasteiger partial charge in [0.2, 0.25) is 0 Å². The van der Waals surface area contributed by atoms with E-state index in [1.165, 1.54) is 6.92 Å². The van der Waals surface area contributed by atoms with Crippen molar-refractivity contribution in [2.24, 2.45) is 5.92 Å². The van der Waals surface area contributed by atoms with Gasteiger partial charge in [0, 0.05) is 10.0 Å². The molecule has 0 bridgehead atoms. The van der Waals surface area contributed by atoms with Crippen LogP contribution in [0, 0.1) is 5.92 Å². The van der Waals surface area contributed by atoms with E-state index < -0.39 is 23.5 Å². The smallest absolute Gasteiger partial charge is 0.324 e. The molecule has 0 aromatic heterocycles. The van der Waals surface area contributed by atoms with Gasteiger partial charge < -0.3 is 4.74 Å². The lowest BCUT2D eigenvalue weighted by molar-refractivity contribution is -0.146. The fourth-order valence-corrected chi connectivity index (χ4v) is 1.62. The average Bonchev–Trinajstić information content (AvgIpc) is 2.29. The van der Waals surface area contributed by atoms with Gasteiger partial charge in [0.15, 0.2) is 17.5 Å². The Morgan fingerprint density at radius 1 is 1.18 bits per heavy atom. The fourth-order valence-electron chi connectivity index (χ4n) is 1.36. The Morgan fingerprint density at radius 3 is 2.12 bits per heavy atom. The van der Waals surface area contributed by atoms with Crippen molar-refractivity contribution in [3.63, 3.8) is 0 Å². The van der Waals surface area contributed by atoms with Crippen molar-refractivity contribution in [3.8, 4) is 0 Å². The van der Waals surface area contributed by atoms with E-state index in [1.807, 2.05) is 0 Å². The van der Waals surface area contributed by atoms with Crippen LogP contribution in [-0.4, -0.2) is 24.6 Å². The number of carbonyl (C=O) groups excluding carboxylic acids is 3. The maximum absolute atomic E-state index is 12.0. The zero-order valence-electron chi connectivity index (χ0n) is 9.40. The molecule has 1 atom stereocenters. The number of hydrogen-bond donors (Lipinski definition) is 0. The molecular formula is C12H11BrO4. The number of esters is 1. The average molecular weight is 299 g/mol. The maximum atomic E-state index is 12.0. The summed E-state index contributed by atoms with van der Waals surface area (Å²) >= 11 is 3.23. The summed E-state index contributed by atoms with van der Waals surface area (Å²) in [6, 6.07) is 6.43. The molecule has 0 unspecified atom stereocenters. The van der Waals surface area contributed by atoms with Crippen LogP contribution in [0.1, 0.15) is 17.3 Å². The zero-order valence-corrected chi connectivity index (χ0v) is 11.0. The summed E-state index contributed by atoms with van der Waals surface area (Å²) in [5, 5.41) is 0. The largest absolute Gasteiger partial charge is 0.468 e. The highest BCUT2D eigenvalue weighted by Gasteiger charge is 2.32. The van der Waals surface area contributed by atoms with Gasteiger partial charge >= 0.3 is 5.97 Å². The van der Waals surface area contributed by atoms with E-state index in [0.717, 1.165) is 11.6 Å². The summed E-state index contributed by atoms with van der Waals surface area (Å²) in [4.78, 5) is 34.6. The highest BCUT2D eigenvalue weighted by atomic mass is 79.9. The Bertz CT molecular complexity index is 450. The van der Waals surface area contributed by atoms with Gasteiger partial charge in [-0.25, -0.2) is 0 Å². The number of hydrogen-bond acceptors (Lipinski definition) is 4. The zero-order chi connectivity index (χ0) is 13.0. The molecule has 17 heavy (non-hydrogen) atoms. The second-order valence-corrected chi connectivity index (χ2v) is 4.35. The third kappa shape index (κ3) is 3.23. The molecule has 0 saturated carbocycles. The molecule has 4 nitrogen and oxygen atoms in total. The Kier molecular flexibility index (Phi) is 4.57. The fraction of sp³-hybridized carbons (Fsp3) is 0.250. The molecule has 90 valence electrons. The highest BCUT2D eigenvalue weighted by molar-refractivity contribution is 9.10. The predicted octanol–water partition coefficient (Wildman–Crippen LogP) is 2.01. The Morgan fingerprint density at radius 2 is 1.71 bits per heavy atom. The number of methoxy groups -OCH3 is 1. The molecule has 5 heteroatoms. The van der Waals surface area contributed by atoms with Crippen molar-refractivity contribution in [1.82, 2.24) is 0 Å². The Hall–Kier alpha value is -1.49. The number of ether oxygens (including phenoxy) is 1. The summed E-state index contributed by atoms with van der Waals surface area (Å²) < 4.78 is 5.26. The Balaban J connectivity index is 3.04. The summed E-state index contributed by atoms with van der Waals surface area (Å²) in [5.74, 6) is -3.27. The first-order valence-corrected chi connectivity index (χ1v) is 5.64. The second kappa shape index (κ2) is 5.72. The minimum absolute atomic E-state index is 0.304. The molecule has 0 aliphatic rings. The van der Waals surface area contributed by atoms with Gasteiger partial charge in [-0.1, -0.05) is 28.1 Å². The minimum atomic E-state index is -1.37. The topological polar surface area (TPSA) is 60.4 Å². The maximum Gasteiger partial charge on any atom is 0.324 e. The van der Waals surface area contributed by atoms with Crippen LogP contribution in [0.15, 0.2) is 28.7 Å². The van der Waals surface area contributed by atoms with Crippen LogP contribution in [0.3, 0.4) is 0 Å². The normalized spacial score (nSPS) is 11.7. The number of ketones is 2.